The van der Waals surface area contributed by atoms with Crippen molar-refractivity contribution in [2.24, 2.45) is 0 Å². The van der Waals surface area contributed by atoms with Gasteiger partial charge in [-0.1, -0.05) is 29.8 Å². The summed E-state index contributed by atoms with van der Waals surface area (Å²) < 4.78 is 6.21. The zero-order valence-corrected chi connectivity index (χ0v) is 18.5. The fourth-order valence-electron chi connectivity index (χ4n) is 3.32. The van der Waals surface area contributed by atoms with E-state index < -0.39 is 0 Å². The molecule has 29 heavy (non-hydrogen) atoms. The molecule has 3 aromatic rings. The first-order valence-electron chi connectivity index (χ1n) is 9.45. The van der Waals surface area contributed by atoms with Crippen LogP contribution in [-0.4, -0.2) is 49.1 Å². The molecule has 2 aromatic heterocycles. The van der Waals surface area contributed by atoms with Crippen LogP contribution in [0.3, 0.4) is 0 Å². The van der Waals surface area contributed by atoms with Crippen LogP contribution in [0.25, 0.3) is 9.88 Å². The summed E-state index contributed by atoms with van der Waals surface area (Å²) in [5.41, 5.74) is 3.13. The molecule has 1 aromatic carbocycles. The summed E-state index contributed by atoms with van der Waals surface area (Å²) in [6.07, 6.45) is 0.297. The summed E-state index contributed by atoms with van der Waals surface area (Å²) in [4.78, 5) is 22.5. The van der Waals surface area contributed by atoms with E-state index in [0.717, 1.165) is 51.8 Å². The number of aromatic nitrogens is 1. The van der Waals surface area contributed by atoms with Crippen molar-refractivity contribution in [2.75, 3.05) is 38.3 Å². The van der Waals surface area contributed by atoms with E-state index in [1.54, 1.807) is 16.2 Å². The number of hydrogen-bond donors (Lipinski definition) is 0. The molecule has 8 heteroatoms. The molecular weight excluding hydrogens is 426 g/mol. The monoisotopic (exact) mass is 447 g/mol. The topological polar surface area (TPSA) is 45.7 Å². The van der Waals surface area contributed by atoms with Gasteiger partial charge in [-0.3, -0.25) is 4.79 Å². The molecule has 1 saturated heterocycles. The fraction of sp³-hybridized carbons (Fsp3) is 0.333. The van der Waals surface area contributed by atoms with Crippen molar-refractivity contribution in [2.45, 2.75) is 13.0 Å². The first-order chi connectivity index (χ1) is 14.1. The number of anilines is 1. The Morgan fingerprint density at radius 2 is 2.03 bits per heavy atom. The first-order valence-corrected chi connectivity index (χ1v) is 11.5. The maximum Gasteiger partial charge on any atom is 0.228 e. The summed E-state index contributed by atoms with van der Waals surface area (Å²) in [7, 11) is 1.85. The van der Waals surface area contributed by atoms with E-state index in [-0.39, 0.29) is 5.91 Å². The lowest BCUT2D eigenvalue weighted by molar-refractivity contribution is -0.129. The van der Waals surface area contributed by atoms with Gasteiger partial charge >= 0.3 is 0 Å². The maximum absolute atomic E-state index is 12.8. The molecule has 0 N–H and O–H groups in total. The van der Waals surface area contributed by atoms with Gasteiger partial charge in [0.2, 0.25) is 5.91 Å². The van der Waals surface area contributed by atoms with Crippen molar-refractivity contribution in [1.29, 1.82) is 0 Å². The molecule has 1 aliphatic rings. The van der Waals surface area contributed by atoms with Crippen LogP contribution in [-0.2, 0) is 22.5 Å². The third-order valence-electron chi connectivity index (χ3n) is 4.84. The third-order valence-corrected chi connectivity index (χ3v) is 7.14. The third kappa shape index (κ3) is 4.98. The first kappa shape index (κ1) is 20.3. The Labute approximate surface area is 183 Å². The number of hydrogen-bond acceptors (Lipinski definition) is 6. The van der Waals surface area contributed by atoms with Crippen LogP contribution in [0, 0.1) is 0 Å². The second-order valence-electron chi connectivity index (χ2n) is 6.90. The van der Waals surface area contributed by atoms with Gasteiger partial charge in [0.1, 0.15) is 5.01 Å². The number of likely N-dealkylation sites (N-methyl/N-ethyl adjacent to an activating group) is 1. The molecule has 0 bridgehead atoms. The summed E-state index contributed by atoms with van der Waals surface area (Å²) in [5.74, 6) is 0.0582. The van der Waals surface area contributed by atoms with Crippen LogP contribution >= 0.6 is 34.3 Å². The Morgan fingerprint density at radius 3 is 2.79 bits per heavy atom. The molecule has 0 spiro atoms. The lowest BCUT2D eigenvalue weighted by Gasteiger charge is -2.31. The van der Waals surface area contributed by atoms with Crippen molar-refractivity contribution >= 4 is 45.9 Å². The highest BCUT2D eigenvalue weighted by molar-refractivity contribution is 7.23. The van der Waals surface area contributed by atoms with Crippen LogP contribution < -0.4 is 4.90 Å². The molecule has 152 valence electrons. The van der Waals surface area contributed by atoms with Crippen LogP contribution in [0.1, 0.15) is 11.3 Å². The van der Waals surface area contributed by atoms with Crippen molar-refractivity contribution < 1.29 is 9.53 Å². The molecule has 0 unspecified atom stereocenters. The van der Waals surface area contributed by atoms with Crippen LogP contribution in [0.4, 0.5) is 5.69 Å². The van der Waals surface area contributed by atoms with Crippen molar-refractivity contribution in [3.63, 3.8) is 0 Å². The Morgan fingerprint density at radius 1 is 1.24 bits per heavy atom. The highest BCUT2D eigenvalue weighted by atomic mass is 35.5. The second-order valence-corrected chi connectivity index (χ2v) is 9.48. The van der Waals surface area contributed by atoms with E-state index in [1.807, 2.05) is 36.7 Å². The molecule has 0 aliphatic carbocycles. The number of amides is 1. The number of morpholine rings is 1. The molecule has 1 amide bonds. The molecule has 5 nitrogen and oxygen atoms in total. The molecule has 0 saturated carbocycles. The summed E-state index contributed by atoms with van der Waals surface area (Å²) in [5, 5.41) is 2.86. The summed E-state index contributed by atoms with van der Waals surface area (Å²) in [6.45, 7) is 3.81. The van der Waals surface area contributed by atoms with Crippen LogP contribution in [0.5, 0.6) is 0 Å². The molecule has 4 rings (SSSR count). The van der Waals surface area contributed by atoms with Gasteiger partial charge in [-0.15, -0.1) is 22.7 Å². The number of ether oxygens (including phenoxy) is 1. The molecular formula is C21H22ClN3O2S2. The van der Waals surface area contributed by atoms with Gasteiger partial charge in [-0.25, -0.2) is 4.98 Å². The molecule has 3 heterocycles. The van der Waals surface area contributed by atoms with Crippen LogP contribution in [0.2, 0.25) is 4.34 Å². The Hall–Kier alpha value is -1.93. The molecule has 1 aliphatic heterocycles. The fourth-order valence-corrected chi connectivity index (χ4v) is 5.26. The second kappa shape index (κ2) is 9.26. The quantitative estimate of drug-likeness (QED) is 0.555. The van der Waals surface area contributed by atoms with E-state index in [9.17, 15) is 4.79 Å². The predicted molar refractivity (Wildman–Crippen MR) is 120 cm³/mol. The lowest BCUT2D eigenvalue weighted by Crippen LogP contribution is -2.37. The number of carbonyl (C=O) groups excluding carboxylic acids is 1. The number of rotatable bonds is 6. The van der Waals surface area contributed by atoms with Gasteiger partial charge < -0.3 is 14.5 Å². The number of carbonyl (C=O) groups is 1. The van der Waals surface area contributed by atoms with E-state index in [0.29, 0.717) is 13.0 Å². The normalized spacial score (nSPS) is 14.2. The average molecular weight is 448 g/mol. The van der Waals surface area contributed by atoms with Gasteiger partial charge in [-0.2, -0.15) is 0 Å². The number of para-hydroxylation sites is 1. The van der Waals surface area contributed by atoms with Crippen molar-refractivity contribution in [3.8, 4) is 9.88 Å². The number of nitrogens with zero attached hydrogens (tertiary/aromatic N) is 3. The van der Waals surface area contributed by atoms with Crippen molar-refractivity contribution in [3.05, 3.63) is 57.4 Å². The smallest absolute Gasteiger partial charge is 0.228 e. The number of halogens is 1. The number of thiazole rings is 1. The Balaban J connectivity index is 1.41. The van der Waals surface area contributed by atoms with Gasteiger partial charge in [0.15, 0.2) is 0 Å². The van der Waals surface area contributed by atoms with Gasteiger partial charge in [0, 0.05) is 37.7 Å². The van der Waals surface area contributed by atoms with Gasteiger partial charge in [0.25, 0.3) is 0 Å². The van der Waals surface area contributed by atoms with Gasteiger partial charge in [-0.05, 0) is 23.8 Å². The zero-order valence-electron chi connectivity index (χ0n) is 16.1. The van der Waals surface area contributed by atoms with Crippen LogP contribution in [0.15, 0.2) is 41.8 Å². The molecule has 1 fully saturated rings. The van der Waals surface area contributed by atoms with E-state index in [4.69, 9.17) is 16.3 Å². The lowest BCUT2D eigenvalue weighted by atomic mass is 10.1. The summed E-state index contributed by atoms with van der Waals surface area (Å²) >= 11 is 9.06. The Kier molecular flexibility index (Phi) is 6.50. The number of benzene rings is 1. The summed E-state index contributed by atoms with van der Waals surface area (Å²) in [6, 6.07) is 12.1. The Bertz CT molecular complexity index is 982. The van der Waals surface area contributed by atoms with Gasteiger partial charge in [0.05, 0.1) is 34.5 Å². The van der Waals surface area contributed by atoms with E-state index >= 15 is 0 Å². The number of thiophene rings is 1. The largest absolute Gasteiger partial charge is 0.378 e. The minimum Gasteiger partial charge on any atom is -0.378 e. The average Bonchev–Trinajstić information content (AvgIpc) is 3.38. The highest BCUT2D eigenvalue weighted by Crippen LogP contribution is 2.33. The minimum atomic E-state index is 0.0582. The van der Waals surface area contributed by atoms with E-state index in [1.165, 1.54) is 17.0 Å². The predicted octanol–water partition coefficient (Wildman–Crippen LogP) is 4.56. The molecule has 0 atom stereocenters. The van der Waals surface area contributed by atoms with E-state index in [2.05, 4.69) is 22.0 Å². The van der Waals surface area contributed by atoms with Crippen molar-refractivity contribution in [1.82, 2.24) is 9.88 Å². The minimum absolute atomic E-state index is 0.0582. The standard InChI is InChI=1S/C21H22ClN3O2S2/c1-24(13-15-4-2-3-5-17(15)25-8-10-27-11-9-25)20(26)12-16-14-28-21(23-16)18-6-7-19(22)29-18/h2-7,14H,8-13H2,1H3. The maximum atomic E-state index is 12.8. The highest BCUT2D eigenvalue weighted by Gasteiger charge is 2.18. The zero-order chi connectivity index (χ0) is 20.2. The SMILES string of the molecule is CN(Cc1ccccc1N1CCOCC1)C(=O)Cc1csc(-c2ccc(Cl)s2)n1. The molecule has 0 radical (unpaired) electrons.